The number of pyridine rings is 1. The molecule has 4 heterocycles. The summed E-state index contributed by atoms with van der Waals surface area (Å²) in [7, 11) is 0. The van der Waals surface area contributed by atoms with Gasteiger partial charge in [-0.15, -0.1) is 0 Å². The van der Waals surface area contributed by atoms with Crippen LogP contribution in [0.25, 0.3) is 22.1 Å². The van der Waals surface area contributed by atoms with E-state index in [1.54, 1.807) is 31.8 Å². The van der Waals surface area contributed by atoms with Gasteiger partial charge in [0.25, 0.3) is 0 Å². The van der Waals surface area contributed by atoms with Crippen LogP contribution in [0.4, 0.5) is 4.39 Å². The van der Waals surface area contributed by atoms with E-state index in [-0.39, 0.29) is 15.3 Å². The lowest BCUT2D eigenvalue weighted by molar-refractivity contribution is 0.245. The summed E-state index contributed by atoms with van der Waals surface area (Å²) in [5.74, 6) is 0.0302. The summed E-state index contributed by atoms with van der Waals surface area (Å²) in [4.78, 5) is 32.3. The van der Waals surface area contributed by atoms with E-state index in [0.29, 0.717) is 43.1 Å². The minimum absolute atomic E-state index is 0.216. The van der Waals surface area contributed by atoms with Gasteiger partial charge in [0.15, 0.2) is 11.1 Å². The number of fused-ring (bicyclic) bond motifs is 2. The summed E-state index contributed by atoms with van der Waals surface area (Å²) >= 11 is 3.16. The highest BCUT2D eigenvalue weighted by Crippen LogP contribution is 2.24. The molecule has 0 unspecified atom stereocenters. The first-order chi connectivity index (χ1) is 17.0. The highest BCUT2D eigenvalue weighted by molar-refractivity contribution is 9.10. The summed E-state index contributed by atoms with van der Waals surface area (Å²) in [6.07, 6.45) is 9.28. The number of aromatic nitrogens is 5. The molecule has 0 spiro atoms. The summed E-state index contributed by atoms with van der Waals surface area (Å²) in [5, 5.41) is 0.236. The first-order valence-corrected chi connectivity index (χ1v) is 11.9. The predicted octanol–water partition coefficient (Wildman–Crippen LogP) is 4.63. The van der Waals surface area contributed by atoms with Crippen LogP contribution in [0.2, 0.25) is 0 Å². The third kappa shape index (κ3) is 4.98. The Morgan fingerprint density at radius 1 is 1.14 bits per heavy atom. The number of hydrogen-bond donors (Lipinski definition) is 0. The average molecular weight is 537 g/mol. The van der Waals surface area contributed by atoms with Gasteiger partial charge in [-0.1, -0.05) is 0 Å². The molecule has 0 radical (unpaired) electrons. The fraction of sp³-hybridized carbons (Fsp3) is 0.240. The molecule has 0 bridgehead atoms. The minimum Gasteiger partial charge on any atom is -0.461 e. The zero-order valence-electron chi connectivity index (χ0n) is 19.0. The van der Waals surface area contributed by atoms with Crippen molar-refractivity contribution in [3.63, 3.8) is 0 Å². The third-order valence-electron chi connectivity index (χ3n) is 5.92. The lowest BCUT2D eigenvalue weighted by atomic mass is 10.1. The molecule has 0 aliphatic rings. The van der Waals surface area contributed by atoms with Gasteiger partial charge in [-0.05, 0) is 59.1 Å². The molecule has 0 N–H and O–H groups in total. The number of aryl methyl sites for hydroxylation is 2. The highest BCUT2D eigenvalue weighted by Gasteiger charge is 2.17. The zero-order chi connectivity index (χ0) is 24.4. The number of nitrogens with zero attached hydrogens (tertiary/aromatic N) is 6. The monoisotopic (exact) mass is 536 g/mol. The van der Waals surface area contributed by atoms with Crippen molar-refractivity contribution in [3.8, 4) is 0 Å². The molecular weight excluding hydrogens is 515 g/mol. The van der Waals surface area contributed by atoms with Crippen molar-refractivity contribution in [2.24, 2.45) is 0 Å². The topological polar surface area (TPSA) is 89.9 Å². The van der Waals surface area contributed by atoms with Crippen LogP contribution < -0.4 is 5.43 Å². The molecule has 8 nitrogen and oxygen atoms in total. The van der Waals surface area contributed by atoms with Gasteiger partial charge in [0.05, 0.1) is 27.9 Å². The molecule has 35 heavy (non-hydrogen) atoms. The van der Waals surface area contributed by atoms with E-state index >= 15 is 0 Å². The largest absolute Gasteiger partial charge is 0.461 e. The Labute approximate surface area is 208 Å². The molecule has 0 saturated heterocycles. The van der Waals surface area contributed by atoms with Crippen molar-refractivity contribution in [2.45, 2.75) is 33.0 Å². The number of hydrogen-bond acceptors (Lipinski definition) is 7. The summed E-state index contributed by atoms with van der Waals surface area (Å²) < 4.78 is 22.3. The first kappa shape index (κ1) is 23.3. The van der Waals surface area contributed by atoms with Crippen molar-refractivity contribution in [3.05, 3.63) is 92.9 Å². The maximum absolute atomic E-state index is 14.2. The molecule has 0 aliphatic carbocycles. The Bertz CT molecular complexity index is 1550. The van der Waals surface area contributed by atoms with Gasteiger partial charge in [0, 0.05) is 38.6 Å². The molecule has 4 aromatic heterocycles. The molecule has 0 fully saturated rings. The fourth-order valence-corrected chi connectivity index (χ4v) is 4.47. The first-order valence-electron chi connectivity index (χ1n) is 11.1. The number of halogens is 2. The van der Waals surface area contributed by atoms with Crippen LogP contribution in [0.1, 0.15) is 23.3 Å². The lowest BCUT2D eigenvalue weighted by Gasteiger charge is -2.23. The molecule has 0 aliphatic heterocycles. The van der Waals surface area contributed by atoms with Crippen molar-refractivity contribution in [1.82, 2.24) is 29.4 Å². The molecule has 0 saturated carbocycles. The molecule has 1 aromatic carbocycles. The van der Waals surface area contributed by atoms with Crippen molar-refractivity contribution in [2.75, 3.05) is 6.54 Å². The quantitative estimate of drug-likeness (QED) is 0.285. The zero-order valence-corrected chi connectivity index (χ0v) is 20.6. The van der Waals surface area contributed by atoms with Crippen LogP contribution in [-0.4, -0.2) is 35.9 Å². The number of imidazole rings is 1. The average Bonchev–Trinajstić information content (AvgIpc) is 3.27. The Balaban J connectivity index is 1.40. The molecule has 178 valence electrons. The Hall–Kier alpha value is -3.50. The standard InChI is InChI=1S/C25H22BrFN6O2/c1-16-19(24(34)18-9-21(27)20(26)10-23(18)35-16)13-32(12-17-3-5-28-6-4-17)7-2-8-33-15-31-22-11-29-14-30-25(22)33/h3-6,9-11,14-15H,2,7-8,12-13H2,1H3. The normalized spacial score (nSPS) is 11.7. The highest BCUT2D eigenvalue weighted by atomic mass is 79.9. The van der Waals surface area contributed by atoms with Gasteiger partial charge in [-0.2, -0.15) is 0 Å². The van der Waals surface area contributed by atoms with Crippen LogP contribution in [0.5, 0.6) is 0 Å². The number of rotatable bonds is 8. The van der Waals surface area contributed by atoms with Gasteiger partial charge in [0.1, 0.15) is 29.0 Å². The third-order valence-corrected chi connectivity index (χ3v) is 6.53. The molecule has 0 amide bonds. The maximum Gasteiger partial charge on any atom is 0.197 e. The lowest BCUT2D eigenvalue weighted by Crippen LogP contribution is -2.28. The van der Waals surface area contributed by atoms with Crippen LogP contribution in [-0.2, 0) is 19.6 Å². The minimum atomic E-state index is -0.496. The van der Waals surface area contributed by atoms with E-state index in [1.807, 2.05) is 16.7 Å². The van der Waals surface area contributed by atoms with E-state index in [1.165, 1.54) is 18.5 Å². The molecule has 5 aromatic rings. The van der Waals surface area contributed by atoms with Crippen molar-refractivity contribution >= 4 is 38.1 Å². The van der Waals surface area contributed by atoms with Crippen LogP contribution in [0.15, 0.2) is 69.2 Å². The number of benzene rings is 1. The van der Waals surface area contributed by atoms with E-state index in [9.17, 15) is 9.18 Å². The Morgan fingerprint density at radius 2 is 1.97 bits per heavy atom. The summed E-state index contributed by atoms with van der Waals surface area (Å²) in [6.45, 7) is 4.19. The van der Waals surface area contributed by atoms with Gasteiger partial charge in [-0.3, -0.25) is 14.7 Å². The molecular formula is C25H22BrFN6O2. The van der Waals surface area contributed by atoms with Gasteiger partial charge < -0.3 is 8.98 Å². The summed E-state index contributed by atoms with van der Waals surface area (Å²) in [6, 6.07) is 6.63. The van der Waals surface area contributed by atoms with Gasteiger partial charge in [-0.25, -0.2) is 19.3 Å². The van der Waals surface area contributed by atoms with E-state index in [2.05, 4.69) is 40.8 Å². The second-order valence-electron chi connectivity index (χ2n) is 8.32. The maximum atomic E-state index is 14.2. The van der Waals surface area contributed by atoms with E-state index in [4.69, 9.17) is 4.42 Å². The second-order valence-corrected chi connectivity index (χ2v) is 9.17. The molecule has 5 rings (SSSR count). The Morgan fingerprint density at radius 3 is 2.80 bits per heavy atom. The fourth-order valence-electron chi connectivity index (χ4n) is 4.15. The van der Waals surface area contributed by atoms with Gasteiger partial charge in [0.2, 0.25) is 0 Å². The predicted molar refractivity (Wildman–Crippen MR) is 133 cm³/mol. The van der Waals surface area contributed by atoms with Crippen LogP contribution in [0.3, 0.4) is 0 Å². The van der Waals surface area contributed by atoms with Crippen LogP contribution in [0, 0.1) is 12.7 Å². The van der Waals surface area contributed by atoms with Crippen LogP contribution >= 0.6 is 15.9 Å². The SMILES string of the molecule is Cc1oc2cc(Br)c(F)cc2c(=O)c1CN(CCCn1cnc2cncnc21)Cc1ccncc1. The van der Waals surface area contributed by atoms with Gasteiger partial charge >= 0.3 is 0 Å². The molecule has 10 heteroatoms. The Kier molecular flexibility index (Phi) is 6.65. The molecule has 0 atom stereocenters. The smallest absolute Gasteiger partial charge is 0.197 e. The van der Waals surface area contributed by atoms with Crippen molar-refractivity contribution < 1.29 is 8.81 Å². The van der Waals surface area contributed by atoms with E-state index < -0.39 is 5.82 Å². The van der Waals surface area contributed by atoms with Crippen molar-refractivity contribution in [1.29, 1.82) is 0 Å². The second kappa shape index (κ2) is 10.0. The van der Waals surface area contributed by atoms with E-state index in [0.717, 1.165) is 23.1 Å². The summed E-state index contributed by atoms with van der Waals surface area (Å²) in [5.41, 5.74) is 3.29.